The molecule has 0 unspecified atom stereocenters. The first-order valence-corrected chi connectivity index (χ1v) is 10.3. The highest BCUT2D eigenvalue weighted by Crippen LogP contribution is 2.31. The number of furan rings is 2. The minimum atomic E-state index is -0.492. The number of hydrogen-bond acceptors (Lipinski definition) is 8. The quantitative estimate of drug-likeness (QED) is 0.329. The smallest absolute Gasteiger partial charge is 0.237 e. The fourth-order valence-electron chi connectivity index (χ4n) is 2.77. The van der Waals surface area contributed by atoms with Crippen molar-refractivity contribution < 1.29 is 18.4 Å². The molecule has 1 amide bonds. The third-order valence-electron chi connectivity index (χ3n) is 4.39. The van der Waals surface area contributed by atoms with Gasteiger partial charge in [-0.15, -0.1) is 10.2 Å². The first-order valence-electron chi connectivity index (χ1n) is 9.42. The lowest BCUT2D eigenvalue weighted by molar-refractivity contribution is -0.115. The number of aromatic nitrogens is 3. The van der Waals surface area contributed by atoms with Crippen molar-refractivity contribution in [1.29, 1.82) is 0 Å². The Kier molecular flexibility index (Phi) is 5.94. The van der Waals surface area contributed by atoms with Crippen molar-refractivity contribution in [2.45, 2.75) is 24.3 Å². The van der Waals surface area contributed by atoms with Gasteiger partial charge in [-0.05, 0) is 62.4 Å². The molecule has 8 nitrogen and oxygen atoms in total. The summed E-state index contributed by atoms with van der Waals surface area (Å²) in [6, 6.07) is 13.8. The highest BCUT2D eigenvalue weighted by atomic mass is 32.2. The van der Waals surface area contributed by atoms with Crippen molar-refractivity contribution in [3.05, 3.63) is 66.6 Å². The summed E-state index contributed by atoms with van der Waals surface area (Å²) in [7, 11) is 0. The summed E-state index contributed by atoms with van der Waals surface area (Å²) in [5.41, 5.74) is 2.12. The van der Waals surface area contributed by atoms with Crippen LogP contribution in [0.4, 0.5) is 5.69 Å². The van der Waals surface area contributed by atoms with Crippen LogP contribution in [0, 0.1) is 0 Å². The van der Waals surface area contributed by atoms with Gasteiger partial charge in [0.1, 0.15) is 5.69 Å². The van der Waals surface area contributed by atoms with Gasteiger partial charge in [0.25, 0.3) is 0 Å². The number of carbonyl (C=O) groups is 2. The van der Waals surface area contributed by atoms with Gasteiger partial charge < -0.3 is 14.2 Å². The molecule has 0 saturated heterocycles. The molecular weight excluding hydrogens is 416 g/mol. The molecule has 1 atom stereocenters. The number of anilines is 1. The summed E-state index contributed by atoms with van der Waals surface area (Å²) in [5, 5.41) is 11.1. The van der Waals surface area contributed by atoms with E-state index in [9.17, 15) is 9.59 Å². The lowest BCUT2D eigenvalue weighted by Crippen LogP contribution is -2.22. The predicted molar refractivity (Wildman–Crippen MR) is 116 cm³/mol. The lowest BCUT2D eigenvalue weighted by atomic mass is 10.1. The zero-order valence-electron chi connectivity index (χ0n) is 16.7. The molecule has 0 fully saturated rings. The Morgan fingerprint density at radius 3 is 2.16 bits per heavy atom. The normalized spacial score (nSPS) is 11.8. The molecule has 0 aliphatic carbocycles. The van der Waals surface area contributed by atoms with Gasteiger partial charge in [0.2, 0.25) is 11.1 Å². The van der Waals surface area contributed by atoms with Crippen molar-refractivity contribution in [2.75, 3.05) is 5.32 Å². The van der Waals surface area contributed by atoms with Gasteiger partial charge in [-0.25, -0.2) is 4.98 Å². The summed E-state index contributed by atoms with van der Waals surface area (Å²) in [5.74, 6) is 0.782. The van der Waals surface area contributed by atoms with Crippen molar-refractivity contribution in [3.63, 3.8) is 0 Å². The molecule has 0 aliphatic heterocycles. The van der Waals surface area contributed by atoms with E-state index in [1.54, 1.807) is 68.0 Å². The van der Waals surface area contributed by atoms with E-state index in [-0.39, 0.29) is 11.7 Å². The van der Waals surface area contributed by atoms with E-state index in [1.165, 1.54) is 18.7 Å². The molecule has 1 N–H and O–H groups in total. The SMILES string of the molecule is CC(=O)c1ccc(NC(=O)[C@H](C)Sc2nnc(-c3ccco3)c(-c3ccco3)n2)cc1. The number of carbonyl (C=O) groups excluding carboxylic acids is 2. The Hall–Kier alpha value is -3.72. The molecule has 4 rings (SSSR count). The zero-order valence-corrected chi connectivity index (χ0v) is 17.6. The number of thioether (sulfide) groups is 1. The van der Waals surface area contributed by atoms with Crippen LogP contribution in [-0.2, 0) is 4.79 Å². The molecule has 0 spiro atoms. The zero-order chi connectivity index (χ0) is 21.8. The minimum Gasteiger partial charge on any atom is -0.463 e. The van der Waals surface area contributed by atoms with Crippen LogP contribution >= 0.6 is 11.8 Å². The Morgan fingerprint density at radius 2 is 1.58 bits per heavy atom. The highest BCUT2D eigenvalue weighted by Gasteiger charge is 2.21. The average Bonchev–Trinajstić information content (AvgIpc) is 3.48. The van der Waals surface area contributed by atoms with Crippen molar-refractivity contribution in [2.24, 2.45) is 0 Å². The molecule has 3 heterocycles. The Bertz CT molecular complexity index is 1190. The number of rotatable bonds is 7. The Morgan fingerprint density at radius 1 is 0.935 bits per heavy atom. The maximum atomic E-state index is 12.6. The average molecular weight is 434 g/mol. The molecule has 1 aromatic carbocycles. The number of nitrogens with one attached hydrogen (secondary N) is 1. The van der Waals surface area contributed by atoms with Crippen LogP contribution < -0.4 is 5.32 Å². The van der Waals surface area contributed by atoms with Crippen LogP contribution in [-0.4, -0.2) is 32.1 Å². The third-order valence-corrected chi connectivity index (χ3v) is 5.34. The first-order chi connectivity index (χ1) is 15.0. The van der Waals surface area contributed by atoms with Crippen LogP contribution in [0.3, 0.4) is 0 Å². The molecular formula is C22H18N4O4S. The molecule has 9 heteroatoms. The van der Waals surface area contributed by atoms with Gasteiger partial charge in [0, 0.05) is 11.3 Å². The molecule has 4 aromatic rings. The van der Waals surface area contributed by atoms with E-state index in [4.69, 9.17) is 8.83 Å². The fourth-order valence-corrected chi connectivity index (χ4v) is 3.48. The number of ketones is 1. The maximum Gasteiger partial charge on any atom is 0.237 e. The minimum absolute atomic E-state index is 0.0307. The summed E-state index contributed by atoms with van der Waals surface area (Å²) in [6.07, 6.45) is 3.09. The van der Waals surface area contributed by atoms with E-state index in [0.29, 0.717) is 39.3 Å². The summed E-state index contributed by atoms with van der Waals surface area (Å²) < 4.78 is 10.9. The first kappa shape index (κ1) is 20.5. The second kappa shape index (κ2) is 8.97. The van der Waals surface area contributed by atoms with E-state index in [1.807, 2.05) is 0 Å². The van der Waals surface area contributed by atoms with Gasteiger partial charge in [-0.1, -0.05) is 11.8 Å². The van der Waals surface area contributed by atoms with Crippen LogP contribution in [0.2, 0.25) is 0 Å². The molecule has 0 saturated carbocycles. The second-order valence-corrected chi connectivity index (χ2v) is 7.94. The largest absolute Gasteiger partial charge is 0.463 e. The molecule has 0 aliphatic rings. The molecule has 0 radical (unpaired) electrons. The maximum absolute atomic E-state index is 12.6. The van der Waals surface area contributed by atoms with Gasteiger partial charge in [0.15, 0.2) is 23.0 Å². The molecule has 3 aromatic heterocycles. The van der Waals surface area contributed by atoms with Gasteiger partial charge >= 0.3 is 0 Å². The fraction of sp³-hybridized carbons (Fsp3) is 0.136. The highest BCUT2D eigenvalue weighted by molar-refractivity contribution is 8.00. The van der Waals surface area contributed by atoms with E-state index in [2.05, 4.69) is 20.5 Å². The number of benzene rings is 1. The van der Waals surface area contributed by atoms with Gasteiger partial charge in [-0.2, -0.15) is 0 Å². The monoisotopic (exact) mass is 434 g/mol. The van der Waals surface area contributed by atoms with E-state index < -0.39 is 5.25 Å². The lowest BCUT2D eigenvalue weighted by Gasteiger charge is -2.12. The molecule has 0 bridgehead atoms. The van der Waals surface area contributed by atoms with Crippen molar-refractivity contribution >= 4 is 29.1 Å². The third kappa shape index (κ3) is 4.72. The van der Waals surface area contributed by atoms with Crippen molar-refractivity contribution in [3.8, 4) is 22.9 Å². The second-order valence-electron chi connectivity index (χ2n) is 6.63. The topological polar surface area (TPSA) is 111 Å². The molecule has 31 heavy (non-hydrogen) atoms. The van der Waals surface area contributed by atoms with E-state index >= 15 is 0 Å². The standard InChI is InChI=1S/C22H18N4O4S/c1-13(27)15-7-9-16(10-8-15)23-21(28)14(2)31-22-24-19(17-5-3-11-29-17)20(25-26-22)18-6-4-12-30-18/h3-12,14H,1-2H3,(H,23,28)/t14-/m0/s1. The summed E-state index contributed by atoms with van der Waals surface area (Å²) >= 11 is 1.17. The van der Waals surface area contributed by atoms with Gasteiger partial charge in [-0.3, -0.25) is 9.59 Å². The van der Waals surface area contributed by atoms with Crippen LogP contribution in [0.1, 0.15) is 24.2 Å². The number of amides is 1. The molecule has 156 valence electrons. The Labute approximate surface area is 182 Å². The number of hydrogen-bond donors (Lipinski definition) is 1. The summed E-state index contributed by atoms with van der Waals surface area (Å²) in [4.78, 5) is 28.5. The summed E-state index contributed by atoms with van der Waals surface area (Å²) in [6.45, 7) is 3.24. The van der Waals surface area contributed by atoms with Gasteiger partial charge in [0.05, 0.1) is 17.8 Å². The van der Waals surface area contributed by atoms with Crippen LogP contribution in [0.15, 0.2) is 75.0 Å². The Balaban J connectivity index is 1.51. The van der Waals surface area contributed by atoms with Crippen LogP contribution in [0.5, 0.6) is 0 Å². The van der Waals surface area contributed by atoms with E-state index in [0.717, 1.165) is 0 Å². The number of Topliss-reactive ketones (excluding diaryl/α,β-unsaturated/α-hetero) is 1. The van der Waals surface area contributed by atoms with Crippen LogP contribution in [0.25, 0.3) is 22.9 Å². The predicted octanol–water partition coefficient (Wildman–Crippen LogP) is 4.71. The number of nitrogens with zero attached hydrogens (tertiary/aromatic N) is 3. The van der Waals surface area contributed by atoms with Crippen molar-refractivity contribution in [1.82, 2.24) is 15.2 Å².